The molecule has 0 amide bonds. The van der Waals surface area contributed by atoms with E-state index in [-0.39, 0.29) is 12.2 Å². The van der Waals surface area contributed by atoms with E-state index in [9.17, 15) is 9.59 Å². The average Bonchev–Trinajstić information content (AvgIpc) is 3.13. The molecule has 0 spiro atoms. The molecule has 1 aliphatic heterocycles. The lowest BCUT2D eigenvalue weighted by Gasteiger charge is -2.31. The first-order chi connectivity index (χ1) is 12.1. The van der Waals surface area contributed by atoms with Crippen molar-refractivity contribution in [3.8, 4) is 0 Å². The number of hydrogen-bond donors (Lipinski definition) is 2. The summed E-state index contributed by atoms with van der Waals surface area (Å²) >= 11 is 3.02. The zero-order chi connectivity index (χ0) is 17.9. The van der Waals surface area contributed by atoms with E-state index < -0.39 is 16.4 Å². The molecule has 0 saturated heterocycles. The van der Waals surface area contributed by atoms with Crippen LogP contribution >= 0.6 is 23.5 Å². The lowest BCUT2D eigenvalue weighted by Crippen LogP contribution is -2.36. The molecule has 0 radical (unpaired) electrons. The van der Waals surface area contributed by atoms with E-state index in [1.165, 1.54) is 11.8 Å². The fourth-order valence-corrected chi connectivity index (χ4v) is 4.47. The second-order valence-corrected chi connectivity index (χ2v) is 7.23. The third-order valence-electron chi connectivity index (χ3n) is 3.86. The van der Waals surface area contributed by atoms with Crippen LogP contribution in [-0.4, -0.2) is 23.8 Å². The highest BCUT2D eigenvalue weighted by Gasteiger charge is 2.39. The van der Waals surface area contributed by atoms with Gasteiger partial charge in [-0.25, -0.2) is 4.79 Å². The lowest BCUT2D eigenvalue weighted by atomic mass is 9.98. The van der Waals surface area contributed by atoms with E-state index in [0.717, 1.165) is 11.1 Å². The maximum Gasteiger partial charge on any atom is 0.343 e. The Morgan fingerprint density at radius 3 is 2.68 bits per heavy atom. The first-order valence-corrected chi connectivity index (χ1v) is 9.87. The summed E-state index contributed by atoms with van der Waals surface area (Å²) in [6.07, 6.45) is 3.77. The zero-order valence-corrected chi connectivity index (χ0v) is 15.5. The van der Waals surface area contributed by atoms with Crippen LogP contribution in [0, 0.1) is 0 Å². The number of rotatable bonds is 5. The maximum atomic E-state index is 12.3. The molecule has 7 heteroatoms. The van der Waals surface area contributed by atoms with Gasteiger partial charge in [0.1, 0.15) is 10.4 Å². The van der Waals surface area contributed by atoms with Crippen LogP contribution in [0.5, 0.6) is 0 Å². The van der Waals surface area contributed by atoms with E-state index in [0.29, 0.717) is 5.03 Å². The fraction of sp³-hybridized carbons (Fsp3) is 0.222. The number of benzene rings is 1. The second-order valence-electron chi connectivity index (χ2n) is 5.29. The molecular weight excluding hydrogens is 356 g/mol. The first kappa shape index (κ1) is 17.7. The number of pyridine rings is 1. The molecule has 2 heterocycles. The summed E-state index contributed by atoms with van der Waals surface area (Å²) < 4.78 is 5.03. The smallest absolute Gasteiger partial charge is 0.343 e. The Bertz CT molecular complexity index is 854. The summed E-state index contributed by atoms with van der Waals surface area (Å²) in [5, 5.41) is 6.07. The predicted octanol–water partition coefficient (Wildman–Crippen LogP) is 3.28. The Morgan fingerprint density at radius 2 is 2.08 bits per heavy atom. The van der Waals surface area contributed by atoms with E-state index in [1.54, 1.807) is 24.8 Å². The SMILES string of the molecule is CCOC(=O)c1cc(C2(c3ccccc3)NC=CS2)c(SC)[nH]c1=O. The zero-order valence-electron chi connectivity index (χ0n) is 13.9. The van der Waals surface area contributed by atoms with E-state index in [1.807, 2.05) is 48.2 Å². The molecule has 25 heavy (non-hydrogen) atoms. The molecule has 3 rings (SSSR count). The van der Waals surface area contributed by atoms with Gasteiger partial charge in [0.25, 0.3) is 5.56 Å². The topological polar surface area (TPSA) is 71.2 Å². The predicted molar refractivity (Wildman–Crippen MR) is 102 cm³/mol. The summed E-state index contributed by atoms with van der Waals surface area (Å²) in [5.74, 6) is -0.614. The molecular formula is C18H18N2O3S2. The second kappa shape index (κ2) is 7.41. The number of aromatic nitrogens is 1. The van der Waals surface area contributed by atoms with Crippen LogP contribution in [0.2, 0.25) is 0 Å². The molecule has 2 aromatic rings. The van der Waals surface area contributed by atoms with E-state index in [2.05, 4.69) is 10.3 Å². The molecule has 1 aromatic carbocycles. The number of nitrogens with one attached hydrogen (secondary N) is 2. The highest BCUT2D eigenvalue weighted by Crippen LogP contribution is 2.46. The number of ether oxygens (including phenoxy) is 1. The van der Waals surface area contributed by atoms with Crippen molar-refractivity contribution in [1.29, 1.82) is 0 Å². The molecule has 5 nitrogen and oxygen atoms in total. The molecule has 0 saturated carbocycles. The number of thioether (sulfide) groups is 2. The van der Waals surface area contributed by atoms with Gasteiger partial charge in [0.15, 0.2) is 0 Å². The minimum atomic E-state index is -0.614. The Morgan fingerprint density at radius 1 is 1.32 bits per heavy atom. The number of esters is 1. The number of hydrogen-bond acceptors (Lipinski definition) is 6. The van der Waals surface area contributed by atoms with E-state index in [4.69, 9.17) is 4.74 Å². The fourth-order valence-electron chi connectivity index (χ4n) is 2.74. The summed E-state index contributed by atoms with van der Waals surface area (Å²) in [7, 11) is 0. The summed E-state index contributed by atoms with van der Waals surface area (Å²) in [4.78, 5) is 26.7. The number of aromatic amines is 1. The van der Waals surface area contributed by atoms with Crippen molar-refractivity contribution in [2.24, 2.45) is 0 Å². The molecule has 1 aromatic heterocycles. The van der Waals surface area contributed by atoms with Gasteiger partial charge in [-0.15, -0.1) is 11.8 Å². The van der Waals surface area contributed by atoms with Crippen LogP contribution in [0.3, 0.4) is 0 Å². The highest BCUT2D eigenvalue weighted by molar-refractivity contribution is 8.03. The van der Waals surface area contributed by atoms with Crippen LogP contribution in [-0.2, 0) is 9.61 Å². The standard InChI is InChI=1S/C18H18N2O3S2/c1-3-23-17(22)13-11-14(16(24-2)20-15(13)21)18(19-9-10-25-18)12-7-5-4-6-8-12/h4-11,19H,3H2,1-2H3,(H,20,21). The van der Waals surface area contributed by atoms with Gasteiger partial charge in [-0.2, -0.15) is 0 Å². The van der Waals surface area contributed by atoms with Gasteiger partial charge in [0.2, 0.25) is 0 Å². The van der Waals surface area contributed by atoms with Crippen LogP contribution in [0.4, 0.5) is 0 Å². The minimum absolute atomic E-state index is 0.0132. The quantitative estimate of drug-likeness (QED) is 0.618. The largest absolute Gasteiger partial charge is 0.462 e. The van der Waals surface area contributed by atoms with Gasteiger partial charge < -0.3 is 15.0 Å². The maximum absolute atomic E-state index is 12.3. The summed E-state index contributed by atoms with van der Waals surface area (Å²) in [5.41, 5.74) is 1.43. The Kier molecular flexibility index (Phi) is 5.24. The average molecular weight is 374 g/mol. The van der Waals surface area contributed by atoms with Gasteiger partial charge in [-0.1, -0.05) is 42.1 Å². The van der Waals surface area contributed by atoms with Crippen molar-refractivity contribution < 1.29 is 9.53 Å². The highest BCUT2D eigenvalue weighted by atomic mass is 32.2. The van der Waals surface area contributed by atoms with Crippen LogP contribution < -0.4 is 10.9 Å². The lowest BCUT2D eigenvalue weighted by molar-refractivity contribution is 0.0524. The van der Waals surface area contributed by atoms with Gasteiger partial charge >= 0.3 is 5.97 Å². The molecule has 1 aliphatic rings. The van der Waals surface area contributed by atoms with Crippen molar-refractivity contribution in [3.05, 3.63) is 75.1 Å². The summed E-state index contributed by atoms with van der Waals surface area (Å²) in [6.45, 7) is 1.93. The molecule has 130 valence electrons. The third-order valence-corrected chi connectivity index (χ3v) is 5.79. The molecule has 1 unspecified atom stereocenters. The molecule has 1 atom stereocenters. The van der Waals surface area contributed by atoms with Crippen molar-refractivity contribution in [2.45, 2.75) is 16.8 Å². The molecule has 0 aliphatic carbocycles. The van der Waals surface area contributed by atoms with Gasteiger partial charge in [-0.3, -0.25) is 4.79 Å². The number of H-pyrrole nitrogens is 1. The van der Waals surface area contributed by atoms with Crippen LogP contribution in [0.1, 0.15) is 28.4 Å². The number of carbonyl (C=O) groups is 1. The minimum Gasteiger partial charge on any atom is -0.462 e. The monoisotopic (exact) mass is 374 g/mol. The number of carbonyl (C=O) groups excluding carboxylic acids is 1. The van der Waals surface area contributed by atoms with Gasteiger partial charge in [0.05, 0.1) is 11.6 Å². The van der Waals surface area contributed by atoms with Crippen LogP contribution in [0.25, 0.3) is 0 Å². The molecule has 0 bridgehead atoms. The Hall–Kier alpha value is -2.12. The van der Waals surface area contributed by atoms with Crippen molar-refractivity contribution in [3.63, 3.8) is 0 Å². The Labute approximate surface area is 154 Å². The third kappa shape index (κ3) is 3.21. The van der Waals surface area contributed by atoms with E-state index >= 15 is 0 Å². The molecule has 2 N–H and O–H groups in total. The van der Waals surface area contributed by atoms with Gasteiger partial charge in [-0.05, 0) is 30.2 Å². The van der Waals surface area contributed by atoms with Gasteiger partial charge in [0, 0.05) is 11.8 Å². The van der Waals surface area contributed by atoms with Crippen molar-refractivity contribution >= 4 is 29.5 Å². The normalized spacial score (nSPS) is 18.8. The molecule has 0 fully saturated rings. The first-order valence-electron chi connectivity index (χ1n) is 7.77. The van der Waals surface area contributed by atoms with Crippen molar-refractivity contribution in [1.82, 2.24) is 10.3 Å². The van der Waals surface area contributed by atoms with Crippen LogP contribution in [0.15, 0.2) is 57.8 Å². The Balaban J connectivity index is 2.21. The summed E-state index contributed by atoms with van der Waals surface area (Å²) in [6, 6.07) is 11.6. The van der Waals surface area contributed by atoms with Crippen molar-refractivity contribution in [2.75, 3.05) is 12.9 Å².